The van der Waals surface area contributed by atoms with Crippen LogP contribution in [0.15, 0.2) is 41.1 Å². The van der Waals surface area contributed by atoms with Gasteiger partial charge in [0, 0.05) is 4.47 Å². The number of nitrogens with one attached hydrogen (secondary N) is 1. The Morgan fingerprint density at radius 3 is 2.62 bits per heavy atom. The molecule has 0 aliphatic rings. The highest BCUT2D eigenvalue weighted by Crippen LogP contribution is 2.18. The van der Waals surface area contributed by atoms with Gasteiger partial charge in [-0.2, -0.15) is 18.3 Å². The molecule has 0 saturated heterocycles. The average molecular weight is 364 g/mol. The van der Waals surface area contributed by atoms with Crippen LogP contribution >= 0.6 is 15.9 Å². The van der Waals surface area contributed by atoms with E-state index < -0.39 is 12.1 Å². The van der Waals surface area contributed by atoms with E-state index in [2.05, 4.69) is 21.0 Å². The number of benzene rings is 1. The van der Waals surface area contributed by atoms with E-state index in [1.54, 1.807) is 29.6 Å². The minimum absolute atomic E-state index is 0.00349. The molecule has 0 aliphatic heterocycles. The summed E-state index contributed by atoms with van der Waals surface area (Å²) in [5.41, 5.74) is -0.0586. The molecule has 0 unspecified atom stereocenters. The molecule has 0 saturated carbocycles. The van der Waals surface area contributed by atoms with Crippen LogP contribution in [0.1, 0.15) is 0 Å². The lowest BCUT2D eigenvalue weighted by atomic mass is 10.3. The number of aromatic nitrogens is 2. The zero-order chi connectivity index (χ0) is 15.5. The van der Waals surface area contributed by atoms with Gasteiger partial charge in [0.15, 0.2) is 6.73 Å². The fourth-order valence-corrected chi connectivity index (χ4v) is 1.64. The van der Waals surface area contributed by atoms with Crippen LogP contribution in [0.5, 0.6) is 5.75 Å². The lowest BCUT2D eigenvalue weighted by Gasteiger charge is -2.06. The molecule has 21 heavy (non-hydrogen) atoms. The summed E-state index contributed by atoms with van der Waals surface area (Å²) in [5, 5.41) is 5.48. The third kappa shape index (κ3) is 4.48. The van der Waals surface area contributed by atoms with E-state index in [-0.39, 0.29) is 12.4 Å². The summed E-state index contributed by atoms with van der Waals surface area (Å²) in [5.74, 6) is -1.47. The molecule has 5 nitrogen and oxygen atoms in total. The van der Waals surface area contributed by atoms with E-state index in [9.17, 15) is 18.0 Å². The van der Waals surface area contributed by atoms with Gasteiger partial charge < -0.3 is 10.1 Å². The number of carbonyl (C=O) groups excluding carboxylic acids is 1. The maximum absolute atomic E-state index is 12.1. The number of hydrogen-bond donors (Lipinski definition) is 1. The zero-order valence-corrected chi connectivity index (χ0v) is 12.0. The summed E-state index contributed by atoms with van der Waals surface area (Å²) in [7, 11) is 0. The van der Waals surface area contributed by atoms with Crippen molar-refractivity contribution >= 4 is 27.5 Å². The number of nitrogens with zero attached hydrogens (tertiary/aromatic N) is 2. The molecule has 2 aromatic rings. The lowest BCUT2D eigenvalue weighted by molar-refractivity contribution is -0.167. The summed E-state index contributed by atoms with van der Waals surface area (Å²) < 4.78 is 43.8. The molecule has 0 radical (unpaired) electrons. The second-order valence-corrected chi connectivity index (χ2v) is 4.86. The maximum Gasteiger partial charge on any atom is 0.471 e. The van der Waals surface area contributed by atoms with Crippen LogP contribution in [0.2, 0.25) is 0 Å². The van der Waals surface area contributed by atoms with Crippen LogP contribution in [0.3, 0.4) is 0 Å². The number of ether oxygens (including phenoxy) is 1. The van der Waals surface area contributed by atoms with Gasteiger partial charge in [-0.15, -0.1) is 0 Å². The van der Waals surface area contributed by atoms with Crippen LogP contribution < -0.4 is 10.1 Å². The molecule has 0 bridgehead atoms. The van der Waals surface area contributed by atoms with Gasteiger partial charge in [0.1, 0.15) is 5.75 Å². The molecule has 1 heterocycles. The normalized spacial score (nSPS) is 11.2. The molecule has 1 aromatic carbocycles. The number of anilines is 1. The fraction of sp³-hybridized carbons (Fsp3) is 0.167. The van der Waals surface area contributed by atoms with Crippen molar-refractivity contribution in [1.82, 2.24) is 9.78 Å². The molecular formula is C12H9BrF3N3O2. The molecule has 1 N–H and O–H groups in total. The summed E-state index contributed by atoms with van der Waals surface area (Å²) in [6.45, 7) is 0.00349. The summed E-state index contributed by atoms with van der Waals surface area (Å²) in [6, 6.07) is 7.01. The zero-order valence-electron chi connectivity index (χ0n) is 10.4. The van der Waals surface area contributed by atoms with Gasteiger partial charge in [-0.3, -0.25) is 4.79 Å². The third-order valence-corrected chi connectivity index (χ3v) is 2.85. The molecule has 0 fully saturated rings. The second-order valence-electron chi connectivity index (χ2n) is 3.95. The SMILES string of the molecule is O=C(Nc1cnn(COc2ccc(Br)cc2)c1)C(F)(F)F. The molecule has 0 atom stereocenters. The van der Waals surface area contributed by atoms with Crippen LogP contribution in [-0.4, -0.2) is 21.9 Å². The van der Waals surface area contributed by atoms with Gasteiger partial charge in [0.05, 0.1) is 18.1 Å². The van der Waals surface area contributed by atoms with Crippen LogP contribution in [0, 0.1) is 0 Å². The molecule has 0 aliphatic carbocycles. The Morgan fingerprint density at radius 1 is 1.33 bits per heavy atom. The van der Waals surface area contributed by atoms with E-state index in [1.165, 1.54) is 10.9 Å². The molecular weight excluding hydrogens is 355 g/mol. The number of carbonyl (C=O) groups is 1. The molecule has 1 aromatic heterocycles. The van der Waals surface area contributed by atoms with Crippen molar-refractivity contribution < 1.29 is 22.7 Å². The summed E-state index contributed by atoms with van der Waals surface area (Å²) in [6.07, 6.45) is -2.59. The number of rotatable bonds is 4. The second kappa shape index (κ2) is 6.17. The first-order valence-corrected chi connectivity index (χ1v) is 6.43. The van der Waals surface area contributed by atoms with Gasteiger partial charge in [0.2, 0.25) is 0 Å². The summed E-state index contributed by atoms with van der Waals surface area (Å²) in [4.78, 5) is 10.7. The van der Waals surface area contributed by atoms with Crippen molar-refractivity contribution in [2.75, 3.05) is 5.32 Å². The molecule has 112 valence electrons. The minimum atomic E-state index is -4.93. The molecule has 1 amide bonds. The van der Waals surface area contributed by atoms with E-state index in [1.807, 2.05) is 0 Å². The minimum Gasteiger partial charge on any atom is -0.471 e. The van der Waals surface area contributed by atoms with Crippen molar-refractivity contribution in [3.63, 3.8) is 0 Å². The Kier molecular flexibility index (Phi) is 4.51. The Bertz CT molecular complexity index is 625. The highest BCUT2D eigenvalue weighted by atomic mass is 79.9. The Labute approximate surface area is 125 Å². The highest BCUT2D eigenvalue weighted by Gasteiger charge is 2.38. The van der Waals surface area contributed by atoms with E-state index in [0.29, 0.717) is 5.75 Å². The monoisotopic (exact) mass is 363 g/mol. The molecule has 0 spiro atoms. The summed E-state index contributed by atoms with van der Waals surface area (Å²) >= 11 is 3.28. The number of halogens is 4. The molecule has 2 rings (SSSR count). The maximum atomic E-state index is 12.1. The Hall–Kier alpha value is -2.03. The quantitative estimate of drug-likeness (QED) is 0.907. The van der Waals surface area contributed by atoms with Crippen molar-refractivity contribution in [3.8, 4) is 5.75 Å². The Balaban J connectivity index is 1.91. The number of alkyl halides is 3. The average Bonchev–Trinajstić information content (AvgIpc) is 2.85. The third-order valence-electron chi connectivity index (χ3n) is 2.33. The van der Waals surface area contributed by atoms with Crippen molar-refractivity contribution in [2.24, 2.45) is 0 Å². The molecule has 9 heteroatoms. The van der Waals surface area contributed by atoms with Crippen LogP contribution in [-0.2, 0) is 11.5 Å². The van der Waals surface area contributed by atoms with Gasteiger partial charge in [0.25, 0.3) is 0 Å². The van der Waals surface area contributed by atoms with E-state index >= 15 is 0 Å². The van der Waals surface area contributed by atoms with Crippen molar-refractivity contribution in [2.45, 2.75) is 12.9 Å². The largest absolute Gasteiger partial charge is 0.471 e. The van der Waals surface area contributed by atoms with Gasteiger partial charge in [-0.25, -0.2) is 4.68 Å². The predicted molar refractivity (Wildman–Crippen MR) is 71.7 cm³/mol. The topological polar surface area (TPSA) is 56.2 Å². The van der Waals surface area contributed by atoms with Gasteiger partial charge in [-0.1, -0.05) is 15.9 Å². The first kappa shape index (κ1) is 15.4. The first-order valence-electron chi connectivity index (χ1n) is 5.63. The smallest absolute Gasteiger partial charge is 0.471 e. The first-order chi connectivity index (χ1) is 9.84. The van der Waals surface area contributed by atoms with Crippen LogP contribution in [0.25, 0.3) is 0 Å². The highest BCUT2D eigenvalue weighted by molar-refractivity contribution is 9.10. The van der Waals surface area contributed by atoms with Crippen molar-refractivity contribution in [3.05, 3.63) is 41.1 Å². The van der Waals surface area contributed by atoms with Crippen LogP contribution in [0.4, 0.5) is 18.9 Å². The lowest BCUT2D eigenvalue weighted by Crippen LogP contribution is -2.29. The Morgan fingerprint density at radius 2 is 2.00 bits per heavy atom. The van der Waals surface area contributed by atoms with Gasteiger partial charge in [-0.05, 0) is 24.3 Å². The fourth-order valence-electron chi connectivity index (χ4n) is 1.37. The van der Waals surface area contributed by atoms with E-state index in [4.69, 9.17) is 4.74 Å². The standard InChI is InChI=1S/C12H9BrF3N3O2/c13-8-1-3-10(4-2-8)21-7-19-6-9(5-17-19)18-11(20)12(14,15)16/h1-6H,7H2,(H,18,20). The van der Waals surface area contributed by atoms with E-state index in [0.717, 1.165) is 10.7 Å². The number of amides is 1. The number of hydrogen-bond acceptors (Lipinski definition) is 3. The van der Waals surface area contributed by atoms with Crippen molar-refractivity contribution in [1.29, 1.82) is 0 Å². The van der Waals surface area contributed by atoms with Gasteiger partial charge >= 0.3 is 12.1 Å². The predicted octanol–water partition coefficient (Wildman–Crippen LogP) is 3.18.